The SMILES string of the molecule is O=C(O)[C@@H]1CCN(C(=O)C2(c3ccc(Cl)cc3)CCC2)C1. The number of carboxylic acids is 1. The molecule has 1 atom stereocenters. The lowest BCUT2D eigenvalue weighted by atomic mass is 9.63. The summed E-state index contributed by atoms with van der Waals surface area (Å²) in [7, 11) is 0. The zero-order valence-corrected chi connectivity index (χ0v) is 12.5. The zero-order chi connectivity index (χ0) is 15.0. The molecule has 1 heterocycles. The first kappa shape index (κ1) is 14.4. The van der Waals surface area contributed by atoms with Gasteiger partial charge in [-0.3, -0.25) is 9.59 Å². The fourth-order valence-corrected chi connectivity index (χ4v) is 3.50. The minimum atomic E-state index is -0.806. The van der Waals surface area contributed by atoms with Crippen molar-refractivity contribution in [1.29, 1.82) is 0 Å². The van der Waals surface area contributed by atoms with Crippen molar-refractivity contribution in [3.05, 3.63) is 34.9 Å². The third-order valence-corrected chi connectivity index (χ3v) is 5.09. The second kappa shape index (κ2) is 5.34. The molecule has 0 bridgehead atoms. The van der Waals surface area contributed by atoms with Gasteiger partial charge in [-0.2, -0.15) is 0 Å². The number of carbonyl (C=O) groups excluding carboxylic acids is 1. The Kier molecular flexibility index (Phi) is 3.66. The van der Waals surface area contributed by atoms with Gasteiger partial charge in [0.05, 0.1) is 11.3 Å². The van der Waals surface area contributed by atoms with Crippen molar-refractivity contribution in [3.8, 4) is 0 Å². The van der Waals surface area contributed by atoms with Crippen molar-refractivity contribution >= 4 is 23.5 Å². The normalized spacial score (nSPS) is 23.7. The molecule has 1 amide bonds. The number of rotatable bonds is 3. The van der Waals surface area contributed by atoms with Crippen LogP contribution in [0.5, 0.6) is 0 Å². The van der Waals surface area contributed by atoms with Gasteiger partial charge in [0, 0.05) is 18.1 Å². The molecule has 4 nitrogen and oxygen atoms in total. The summed E-state index contributed by atoms with van der Waals surface area (Å²) in [6.45, 7) is 0.884. The molecule has 1 aromatic carbocycles. The Balaban J connectivity index is 1.81. The van der Waals surface area contributed by atoms with Gasteiger partial charge in [-0.25, -0.2) is 0 Å². The van der Waals surface area contributed by atoms with Crippen molar-refractivity contribution in [3.63, 3.8) is 0 Å². The molecule has 21 heavy (non-hydrogen) atoms. The fraction of sp³-hybridized carbons (Fsp3) is 0.500. The van der Waals surface area contributed by atoms with E-state index in [-0.39, 0.29) is 5.91 Å². The highest BCUT2D eigenvalue weighted by Crippen LogP contribution is 2.46. The van der Waals surface area contributed by atoms with E-state index in [1.54, 1.807) is 4.90 Å². The quantitative estimate of drug-likeness (QED) is 0.934. The van der Waals surface area contributed by atoms with Crippen LogP contribution in [0.1, 0.15) is 31.2 Å². The Morgan fingerprint density at radius 3 is 2.38 bits per heavy atom. The van der Waals surface area contributed by atoms with Crippen molar-refractivity contribution in [2.24, 2.45) is 5.92 Å². The van der Waals surface area contributed by atoms with E-state index in [1.807, 2.05) is 24.3 Å². The first-order chi connectivity index (χ1) is 10.0. The molecule has 1 saturated heterocycles. The predicted molar refractivity (Wildman–Crippen MR) is 79.3 cm³/mol. The van der Waals surface area contributed by atoms with E-state index in [0.29, 0.717) is 24.5 Å². The highest BCUT2D eigenvalue weighted by atomic mass is 35.5. The van der Waals surface area contributed by atoms with E-state index in [1.165, 1.54) is 0 Å². The van der Waals surface area contributed by atoms with E-state index in [4.69, 9.17) is 16.7 Å². The number of halogens is 1. The Morgan fingerprint density at radius 1 is 1.24 bits per heavy atom. The molecule has 1 aliphatic carbocycles. The Morgan fingerprint density at radius 2 is 1.90 bits per heavy atom. The van der Waals surface area contributed by atoms with Crippen LogP contribution < -0.4 is 0 Å². The van der Waals surface area contributed by atoms with Gasteiger partial charge in [0.25, 0.3) is 0 Å². The molecular formula is C16H18ClNO3. The second-order valence-electron chi connectivity index (χ2n) is 6.02. The van der Waals surface area contributed by atoms with Crippen LogP contribution >= 0.6 is 11.6 Å². The van der Waals surface area contributed by atoms with Crippen LogP contribution in [-0.4, -0.2) is 35.0 Å². The lowest BCUT2D eigenvalue weighted by Crippen LogP contribution is -2.50. The van der Waals surface area contributed by atoms with Crippen molar-refractivity contribution in [2.45, 2.75) is 31.1 Å². The van der Waals surface area contributed by atoms with Gasteiger partial charge in [-0.1, -0.05) is 30.2 Å². The molecule has 2 aliphatic rings. The van der Waals surface area contributed by atoms with Crippen LogP contribution in [0.4, 0.5) is 0 Å². The molecule has 1 aromatic rings. The summed E-state index contributed by atoms with van der Waals surface area (Å²) < 4.78 is 0. The lowest BCUT2D eigenvalue weighted by molar-refractivity contribution is -0.142. The number of benzene rings is 1. The molecule has 3 rings (SSSR count). The number of carbonyl (C=O) groups is 2. The summed E-state index contributed by atoms with van der Waals surface area (Å²) in [6.07, 6.45) is 3.26. The van der Waals surface area contributed by atoms with Crippen molar-refractivity contribution in [1.82, 2.24) is 4.90 Å². The van der Waals surface area contributed by atoms with Gasteiger partial charge < -0.3 is 10.0 Å². The van der Waals surface area contributed by atoms with Crippen LogP contribution in [0.25, 0.3) is 0 Å². The monoisotopic (exact) mass is 307 g/mol. The summed E-state index contributed by atoms with van der Waals surface area (Å²) in [5.74, 6) is -1.14. The summed E-state index contributed by atoms with van der Waals surface area (Å²) in [5, 5.41) is 9.74. The van der Waals surface area contributed by atoms with Crippen molar-refractivity contribution < 1.29 is 14.7 Å². The van der Waals surface area contributed by atoms with Gasteiger partial charge in [0.1, 0.15) is 0 Å². The molecule has 1 N–H and O–H groups in total. The van der Waals surface area contributed by atoms with Gasteiger partial charge in [0.2, 0.25) is 5.91 Å². The van der Waals surface area contributed by atoms with Crippen LogP contribution in [-0.2, 0) is 15.0 Å². The molecule has 0 aromatic heterocycles. The topological polar surface area (TPSA) is 57.6 Å². The number of hydrogen-bond acceptors (Lipinski definition) is 2. The average molecular weight is 308 g/mol. The van der Waals surface area contributed by atoms with Gasteiger partial charge in [-0.15, -0.1) is 0 Å². The maximum atomic E-state index is 12.9. The van der Waals surface area contributed by atoms with Gasteiger partial charge in [0.15, 0.2) is 0 Å². The molecule has 0 unspecified atom stereocenters. The molecule has 1 saturated carbocycles. The van der Waals surface area contributed by atoms with E-state index < -0.39 is 17.3 Å². The Bertz CT molecular complexity index is 565. The smallest absolute Gasteiger partial charge is 0.308 e. The van der Waals surface area contributed by atoms with Gasteiger partial charge in [-0.05, 0) is 37.0 Å². The minimum absolute atomic E-state index is 0.0832. The van der Waals surface area contributed by atoms with E-state index in [2.05, 4.69) is 0 Å². The number of hydrogen-bond donors (Lipinski definition) is 1. The van der Waals surface area contributed by atoms with E-state index in [9.17, 15) is 9.59 Å². The maximum Gasteiger partial charge on any atom is 0.308 e. The standard InChI is InChI=1S/C16H18ClNO3/c17-13-4-2-12(3-5-13)16(7-1-8-16)15(21)18-9-6-11(10-18)14(19)20/h2-5,11H,1,6-10H2,(H,19,20)/t11-/m1/s1. The van der Waals surface area contributed by atoms with E-state index >= 15 is 0 Å². The molecule has 1 aliphatic heterocycles. The second-order valence-corrected chi connectivity index (χ2v) is 6.45. The third kappa shape index (κ3) is 2.42. The minimum Gasteiger partial charge on any atom is -0.481 e. The largest absolute Gasteiger partial charge is 0.481 e. The molecule has 2 fully saturated rings. The Labute approximate surface area is 128 Å². The molecule has 0 spiro atoms. The molecule has 5 heteroatoms. The number of carboxylic acid groups (broad SMARTS) is 1. The zero-order valence-electron chi connectivity index (χ0n) is 11.7. The van der Waals surface area contributed by atoms with Gasteiger partial charge >= 0.3 is 5.97 Å². The molecule has 112 valence electrons. The summed E-state index contributed by atoms with van der Waals surface area (Å²) >= 11 is 5.92. The summed E-state index contributed by atoms with van der Waals surface area (Å²) in [5.41, 5.74) is 0.541. The maximum absolute atomic E-state index is 12.9. The lowest BCUT2D eigenvalue weighted by Gasteiger charge is -2.43. The van der Waals surface area contributed by atoms with Crippen LogP contribution in [0.2, 0.25) is 5.02 Å². The van der Waals surface area contributed by atoms with Crippen LogP contribution in [0.15, 0.2) is 24.3 Å². The molecular weight excluding hydrogens is 290 g/mol. The fourth-order valence-electron chi connectivity index (χ4n) is 3.37. The highest BCUT2D eigenvalue weighted by molar-refractivity contribution is 6.30. The Hall–Kier alpha value is -1.55. The van der Waals surface area contributed by atoms with Crippen LogP contribution in [0.3, 0.4) is 0 Å². The number of nitrogens with zero attached hydrogens (tertiary/aromatic N) is 1. The summed E-state index contributed by atoms with van der Waals surface area (Å²) in [4.78, 5) is 25.7. The van der Waals surface area contributed by atoms with Crippen molar-refractivity contribution in [2.75, 3.05) is 13.1 Å². The number of likely N-dealkylation sites (tertiary alicyclic amines) is 1. The average Bonchev–Trinajstić information content (AvgIpc) is 2.89. The van der Waals surface area contributed by atoms with Crippen LogP contribution in [0, 0.1) is 5.92 Å². The first-order valence-electron chi connectivity index (χ1n) is 7.31. The number of amides is 1. The van der Waals surface area contributed by atoms with E-state index in [0.717, 1.165) is 24.8 Å². The first-order valence-corrected chi connectivity index (χ1v) is 7.69. The predicted octanol–water partition coefficient (Wildman–Crippen LogP) is 2.69. The number of aliphatic carboxylic acids is 1. The molecule has 0 radical (unpaired) electrons. The third-order valence-electron chi connectivity index (χ3n) is 4.84. The highest BCUT2D eigenvalue weighted by Gasteiger charge is 2.49. The summed E-state index contributed by atoms with van der Waals surface area (Å²) in [6, 6.07) is 7.47.